The van der Waals surface area contributed by atoms with Crippen LogP contribution in [0.3, 0.4) is 0 Å². The lowest BCUT2D eigenvalue weighted by molar-refractivity contribution is 0.00916. The van der Waals surface area contributed by atoms with Crippen LogP contribution in [0.15, 0.2) is 30.3 Å². The molecule has 2 heteroatoms. The zero-order chi connectivity index (χ0) is 14.5. The van der Waals surface area contributed by atoms with Crippen LogP contribution in [0.4, 0.5) is 0 Å². The second kappa shape index (κ2) is 7.11. The molecule has 1 aromatic rings. The van der Waals surface area contributed by atoms with E-state index in [0.717, 1.165) is 19.0 Å². The second-order valence-corrected chi connectivity index (χ2v) is 6.24. The molecule has 2 saturated heterocycles. The van der Waals surface area contributed by atoms with Crippen LogP contribution in [0, 0.1) is 11.8 Å². The molecule has 1 aromatic carbocycles. The quantitative estimate of drug-likeness (QED) is 0.785. The fourth-order valence-corrected chi connectivity index (χ4v) is 3.81. The summed E-state index contributed by atoms with van der Waals surface area (Å²) in [4.78, 5) is 5.40. The number of fused-ring (bicyclic) bond motifs is 1. The molecule has 2 aliphatic rings. The monoisotopic (exact) mass is 282 g/mol. The standard InChI is InChI=1S/C19H26N2/c1-2-3-8-14-21-15-18-12-7-9-13-20(18)16-19(21)17-10-5-4-6-11-17/h4-6,10-11,18-19H,7-9,12-16H2,1H3. The summed E-state index contributed by atoms with van der Waals surface area (Å²) in [6.45, 7) is 6.73. The fraction of sp³-hybridized carbons (Fsp3) is 0.579. The van der Waals surface area contributed by atoms with Crippen LogP contribution < -0.4 is 0 Å². The Hall–Kier alpha value is -1.30. The molecule has 0 amide bonds. The largest absolute Gasteiger partial charge is 0.297 e. The number of hydrogen-bond donors (Lipinski definition) is 0. The topological polar surface area (TPSA) is 6.48 Å². The van der Waals surface area contributed by atoms with E-state index in [4.69, 9.17) is 0 Å². The van der Waals surface area contributed by atoms with E-state index in [-0.39, 0.29) is 0 Å². The van der Waals surface area contributed by atoms with Gasteiger partial charge in [-0.1, -0.05) is 36.8 Å². The van der Waals surface area contributed by atoms with Crippen LogP contribution in [0.25, 0.3) is 0 Å². The third-order valence-electron chi connectivity index (χ3n) is 4.93. The SMILES string of the molecule is CC#CCCN1CC2CCCCN2CC1c1ccccc1. The molecule has 112 valence electrons. The van der Waals surface area contributed by atoms with Crippen LogP contribution in [-0.4, -0.2) is 42.0 Å². The molecular formula is C19H26N2. The maximum atomic E-state index is 3.23. The lowest BCUT2D eigenvalue weighted by Gasteiger charge is -2.48. The van der Waals surface area contributed by atoms with Gasteiger partial charge < -0.3 is 0 Å². The third kappa shape index (κ3) is 3.48. The first-order valence-electron chi connectivity index (χ1n) is 8.31. The Balaban J connectivity index is 1.76. The number of rotatable bonds is 3. The van der Waals surface area contributed by atoms with Gasteiger partial charge in [0, 0.05) is 38.1 Å². The minimum atomic E-state index is 0.541. The summed E-state index contributed by atoms with van der Waals surface area (Å²) < 4.78 is 0. The van der Waals surface area contributed by atoms with Crippen molar-refractivity contribution in [3.8, 4) is 11.8 Å². The Labute approximate surface area is 129 Å². The van der Waals surface area contributed by atoms with Gasteiger partial charge in [0.2, 0.25) is 0 Å². The highest BCUT2D eigenvalue weighted by molar-refractivity contribution is 5.20. The van der Waals surface area contributed by atoms with Crippen molar-refractivity contribution in [3.63, 3.8) is 0 Å². The van der Waals surface area contributed by atoms with E-state index in [1.165, 1.54) is 44.5 Å². The van der Waals surface area contributed by atoms with Crippen LogP contribution in [0.1, 0.15) is 44.2 Å². The molecule has 2 aliphatic heterocycles. The van der Waals surface area contributed by atoms with E-state index in [1.807, 2.05) is 6.92 Å². The first-order chi connectivity index (χ1) is 10.4. The zero-order valence-electron chi connectivity index (χ0n) is 13.1. The highest BCUT2D eigenvalue weighted by Gasteiger charge is 2.35. The van der Waals surface area contributed by atoms with Crippen LogP contribution in [-0.2, 0) is 0 Å². The molecule has 2 heterocycles. The summed E-state index contributed by atoms with van der Waals surface area (Å²) in [5.74, 6) is 6.27. The van der Waals surface area contributed by atoms with Crippen LogP contribution in [0.2, 0.25) is 0 Å². The van der Waals surface area contributed by atoms with Gasteiger partial charge in [-0.25, -0.2) is 0 Å². The van der Waals surface area contributed by atoms with Crippen molar-refractivity contribution in [1.82, 2.24) is 9.80 Å². The molecule has 2 atom stereocenters. The smallest absolute Gasteiger partial charge is 0.0476 e. The molecule has 0 spiro atoms. The molecule has 0 N–H and O–H groups in total. The minimum absolute atomic E-state index is 0.541. The van der Waals surface area contributed by atoms with Gasteiger partial charge >= 0.3 is 0 Å². The average molecular weight is 282 g/mol. The van der Waals surface area contributed by atoms with Crippen molar-refractivity contribution in [2.45, 2.75) is 44.7 Å². The number of hydrogen-bond acceptors (Lipinski definition) is 2. The normalized spacial score (nSPS) is 26.7. The molecule has 0 aromatic heterocycles. The van der Waals surface area contributed by atoms with E-state index >= 15 is 0 Å². The molecule has 2 unspecified atom stereocenters. The maximum Gasteiger partial charge on any atom is 0.0476 e. The van der Waals surface area contributed by atoms with Crippen molar-refractivity contribution in [1.29, 1.82) is 0 Å². The van der Waals surface area contributed by atoms with Gasteiger partial charge in [0.05, 0.1) is 0 Å². The predicted octanol–water partition coefficient (Wildman–Crippen LogP) is 3.31. The van der Waals surface area contributed by atoms with E-state index in [2.05, 4.69) is 52.0 Å². The Bertz CT molecular complexity index is 499. The number of nitrogens with zero attached hydrogens (tertiary/aromatic N) is 2. The summed E-state index contributed by atoms with van der Waals surface area (Å²) >= 11 is 0. The van der Waals surface area contributed by atoms with Crippen molar-refractivity contribution < 1.29 is 0 Å². The van der Waals surface area contributed by atoms with E-state index in [1.54, 1.807) is 0 Å². The average Bonchev–Trinajstić information content (AvgIpc) is 2.55. The summed E-state index contributed by atoms with van der Waals surface area (Å²) in [6, 6.07) is 12.3. The number of piperidine rings is 1. The number of benzene rings is 1. The van der Waals surface area contributed by atoms with Gasteiger partial charge in [-0.05, 0) is 31.9 Å². The molecule has 2 nitrogen and oxygen atoms in total. The third-order valence-corrected chi connectivity index (χ3v) is 4.93. The Morgan fingerprint density at radius 1 is 1.14 bits per heavy atom. The first kappa shape index (κ1) is 14.6. The van der Waals surface area contributed by atoms with Gasteiger partial charge in [0.15, 0.2) is 0 Å². The van der Waals surface area contributed by atoms with Crippen molar-refractivity contribution in [3.05, 3.63) is 35.9 Å². The molecule has 3 rings (SSSR count). The summed E-state index contributed by atoms with van der Waals surface area (Å²) in [5, 5.41) is 0. The minimum Gasteiger partial charge on any atom is -0.297 e. The Morgan fingerprint density at radius 2 is 2.00 bits per heavy atom. The fourth-order valence-electron chi connectivity index (χ4n) is 3.81. The maximum absolute atomic E-state index is 3.23. The summed E-state index contributed by atoms with van der Waals surface area (Å²) in [6.07, 6.45) is 5.14. The molecule has 0 bridgehead atoms. The molecule has 0 aliphatic carbocycles. The van der Waals surface area contributed by atoms with Gasteiger partial charge in [0.1, 0.15) is 0 Å². The van der Waals surface area contributed by atoms with E-state index in [0.29, 0.717) is 6.04 Å². The van der Waals surface area contributed by atoms with Gasteiger partial charge in [0.25, 0.3) is 0 Å². The molecule has 0 saturated carbocycles. The Morgan fingerprint density at radius 3 is 2.81 bits per heavy atom. The van der Waals surface area contributed by atoms with Gasteiger partial charge in [-0.15, -0.1) is 11.8 Å². The van der Waals surface area contributed by atoms with Crippen LogP contribution in [0.5, 0.6) is 0 Å². The predicted molar refractivity (Wildman–Crippen MR) is 88.0 cm³/mol. The highest BCUT2D eigenvalue weighted by Crippen LogP contribution is 2.31. The van der Waals surface area contributed by atoms with Gasteiger partial charge in [-0.2, -0.15) is 0 Å². The highest BCUT2D eigenvalue weighted by atomic mass is 15.3. The first-order valence-corrected chi connectivity index (χ1v) is 8.31. The molecule has 2 fully saturated rings. The van der Waals surface area contributed by atoms with Crippen LogP contribution >= 0.6 is 0 Å². The lowest BCUT2D eigenvalue weighted by Crippen LogP contribution is -2.56. The zero-order valence-corrected chi connectivity index (χ0v) is 13.1. The van der Waals surface area contributed by atoms with E-state index < -0.39 is 0 Å². The molecule has 0 radical (unpaired) electrons. The Kier molecular flexibility index (Phi) is 4.95. The second-order valence-electron chi connectivity index (χ2n) is 6.24. The number of piperazine rings is 1. The molecule has 21 heavy (non-hydrogen) atoms. The van der Waals surface area contributed by atoms with Gasteiger partial charge in [-0.3, -0.25) is 9.80 Å². The molecular weight excluding hydrogens is 256 g/mol. The van der Waals surface area contributed by atoms with Crippen molar-refractivity contribution in [2.24, 2.45) is 0 Å². The summed E-state index contributed by atoms with van der Waals surface area (Å²) in [5.41, 5.74) is 1.46. The van der Waals surface area contributed by atoms with Crippen molar-refractivity contribution in [2.75, 3.05) is 26.2 Å². The summed E-state index contributed by atoms with van der Waals surface area (Å²) in [7, 11) is 0. The van der Waals surface area contributed by atoms with Crippen molar-refractivity contribution >= 4 is 0 Å². The lowest BCUT2D eigenvalue weighted by atomic mass is 9.93. The van der Waals surface area contributed by atoms with E-state index in [9.17, 15) is 0 Å².